The summed E-state index contributed by atoms with van der Waals surface area (Å²) in [4.78, 5) is 79.3. The summed E-state index contributed by atoms with van der Waals surface area (Å²) in [6.07, 6.45) is 0.853. The number of fused-ring (bicyclic) bond motifs is 3. The van der Waals surface area contributed by atoms with Crippen LogP contribution in [0.5, 0.6) is 0 Å². The van der Waals surface area contributed by atoms with Crippen LogP contribution in [0.25, 0.3) is 21.9 Å². The summed E-state index contributed by atoms with van der Waals surface area (Å²) in [7, 11) is 0. The number of rotatable bonds is 8. The summed E-state index contributed by atoms with van der Waals surface area (Å²) in [5.41, 5.74) is -0.142. The van der Waals surface area contributed by atoms with Crippen molar-refractivity contribution in [1.29, 1.82) is 0 Å². The van der Waals surface area contributed by atoms with E-state index in [0.29, 0.717) is 60.7 Å². The Bertz CT molecular complexity index is 1670. The van der Waals surface area contributed by atoms with Crippen LogP contribution in [0.3, 0.4) is 0 Å². The lowest BCUT2D eigenvalue weighted by Gasteiger charge is -2.27. The van der Waals surface area contributed by atoms with Crippen LogP contribution in [0.4, 0.5) is 9.59 Å². The highest BCUT2D eigenvalue weighted by molar-refractivity contribution is 6.10. The summed E-state index contributed by atoms with van der Waals surface area (Å²) in [6.45, 7) is 10.1. The number of carbonyl (C=O) groups excluding carboxylic acids is 6. The third-order valence-electron chi connectivity index (χ3n) is 8.11. The van der Waals surface area contributed by atoms with E-state index in [-0.39, 0.29) is 11.1 Å². The van der Waals surface area contributed by atoms with Crippen molar-refractivity contribution in [3.8, 4) is 0 Å². The molecule has 2 saturated heterocycles. The van der Waals surface area contributed by atoms with Gasteiger partial charge in [-0.25, -0.2) is 19.2 Å². The fraction of sp³-hybridized carbons (Fsp3) is 0.500. The van der Waals surface area contributed by atoms with Gasteiger partial charge in [-0.15, -0.1) is 0 Å². The van der Waals surface area contributed by atoms with Crippen LogP contribution in [0.2, 0.25) is 0 Å². The van der Waals surface area contributed by atoms with E-state index in [0.717, 1.165) is 0 Å². The first-order chi connectivity index (χ1) is 23.0. The Kier molecular flexibility index (Phi) is 10.0. The highest BCUT2D eigenvalue weighted by atomic mass is 16.6. The number of nitrogens with zero attached hydrogens (tertiary/aromatic N) is 2. The maximum Gasteiger partial charge on any atom is 0.411 e. The Morgan fingerprint density at radius 3 is 1.41 bits per heavy atom. The van der Waals surface area contributed by atoms with Gasteiger partial charge in [0, 0.05) is 35.0 Å². The number of hydrogen-bond donors (Lipinski definition) is 0. The van der Waals surface area contributed by atoms with E-state index in [1.807, 2.05) is 0 Å². The molecular weight excluding hydrogens is 636 g/mol. The molecule has 0 saturated carbocycles. The average Bonchev–Trinajstić information content (AvgIpc) is 3.78. The van der Waals surface area contributed by atoms with E-state index in [1.165, 1.54) is 21.9 Å². The van der Waals surface area contributed by atoms with Crippen molar-refractivity contribution < 1.29 is 52.1 Å². The Balaban J connectivity index is 1.19. The molecule has 13 nitrogen and oxygen atoms in total. The van der Waals surface area contributed by atoms with Gasteiger partial charge in [-0.1, -0.05) is 12.1 Å². The van der Waals surface area contributed by atoms with Crippen LogP contribution in [0.1, 0.15) is 87.9 Å². The minimum Gasteiger partial charge on any atom is -0.456 e. The molecule has 0 unspecified atom stereocenters. The second kappa shape index (κ2) is 13.9. The van der Waals surface area contributed by atoms with E-state index in [1.54, 1.807) is 65.8 Å². The van der Waals surface area contributed by atoms with Crippen LogP contribution >= 0.6 is 0 Å². The van der Waals surface area contributed by atoms with Gasteiger partial charge >= 0.3 is 24.1 Å². The van der Waals surface area contributed by atoms with Gasteiger partial charge in [0.25, 0.3) is 0 Å². The Hall–Kier alpha value is -4.94. The van der Waals surface area contributed by atoms with Gasteiger partial charge < -0.3 is 23.4 Å². The summed E-state index contributed by atoms with van der Waals surface area (Å²) in [5.74, 6) is -2.26. The van der Waals surface area contributed by atoms with E-state index >= 15 is 0 Å². The molecule has 0 spiro atoms. The number of ether oxygens (including phenoxy) is 4. The van der Waals surface area contributed by atoms with Crippen LogP contribution in [-0.4, -0.2) is 95.1 Å². The van der Waals surface area contributed by atoms with Crippen molar-refractivity contribution >= 4 is 57.6 Å². The van der Waals surface area contributed by atoms with Gasteiger partial charge in [-0.05, 0) is 91.5 Å². The van der Waals surface area contributed by atoms with Crippen molar-refractivity contribution in [1.82, 2.24) is 9.80 Å². The third kappa shape index (κ3) is 8.38. The fourth-order valence-corrected chi connectivity index (χ4v) is 5.86. The topological polar surface area (TPSA) is 159 Å². The van der Waals surface area contributed by atoms with Gasteiger partial charge in [0.1, 0.15) is 34.5 Å². The first kappa shape index (κ1) is 35.4. The summed E-state index contributed by atoms with van der Waals surface area (Å²) in [5, 5.41) is 1.41. The van der Waals surface area contributed by atoms with Gasteiger partial charge in [0.2, 0.25) is 0 Å². The molecule has 0 radical (unpaired) electrons. The smallest absolute Gasteiger partial charge is 0.411 e. The molecule has 5 rings (SSSR count). The minimum atomic E-state index is -0.824. The number of furan rings is 1. The van der Waals surface area contributed by atoms with Gasteiger partial charge in [-0.2, -0.15) is 0 Å². The minimum absolute atomic E-state index is 0.255. The summed E-state index contributed by atoms with van der Waals surface area (Å²) in [6, 6.07) is 8.03. The van der Waals surface area contributed by atoms with Crippen molar-refractivity contribution in [3.05, 3.63) is 47.5 Å². The largest absolute Gasteiger partial charge is 0.456 e. The Labute approximate surface area is 283 Å². The molecule has 262 valence electrons. The molecule has 2 aliphatic heterocycles. The fourth-order valence-electron chi connectivity index (χ4n) is 5.86. The zero-order valence-corrected chi connectivity index (χ0v) is 28.7. The quantitative estimate of drug-likeness (QED) is 0.160. The van der Waals surface area contributed by atoms with E-state index in [4.69, 9.17) is 23.4 Å². The normalized spacial score (nSPS) is 18.1. The van der Waals surface area contributed by atoms with Crippen LogP contribution < -0.4 is 0 Å². The highest BCUT2D eigenvalue weighted by Crippen LogP contribution is 2.31. The molecule has 2 aromatic carbocycles. The molecule has 1 aromatic heterocycles. The Morgan fingerprint density at radius 2 is 1.04 bits per heavy atom. The second-order valence-electron chi connectivity index (χ2n) is 14.2. The number of benzene rings is 2. The Morgan fingerprint density at radius 1 is 0.653 bits per heavy atom. The van der Waals surface area contributed by atoms with Crippen LogP contribution in [0, 0.1) is 0 Å². The summed E-state index contributed by atoms with van der Waals surface area (Å²) < 4.78 is 27.4. The monoisotopic (exact) mass is 678 g/mol. The van der Waals surface area contributed by atoms with Crippen LogP contribution in [0.15, 0.2) is 40.8 Å². The molecule has 0 N–H and O–H groups in total. The molecule has 13 heteroatoms. The molecule has 3 aromatic rings. The predicted octanol–water partition coefficient (Wildman–Crippen LogP) is 5.84. The number of carbonyl (C=O) groups is 6. The van der Waals surface area contributed by atoms with Crippen molar-refractivity contribution in [3.63, 3.8) is 0 Å². The molecule has 2 aliphatic rings. The van der Waals surface area contributed by atoms with Crippen molar-refractivity contribution in [2.24, 2.45) is 0 Å². The average molecular weight is 679 g/mol. The zero-order chi connectivity index (χ0) is 35.7. The number of Topliss-reactive ketones (excluding diaryl/α,β-unsaturated/α-hetero) is 2. The second-order valence-corrected chi connectivity index (χ2v) is 14.2. The lowest BCUT2D eigenvalue weighted by Crippen LogP contribution is -2.44. The first-order valence-electron chi connectivity index (χ1n) is 16.4. The lowest BCUT2D eigenvalue weighted by atomic mass is 10.1. The zero-order valence-electron chi connectivity index (χ0n) is 28.7. The van der Waals surface area contributed by atoms with Crippen molar-refractivity contribution in [2.75, 3.05) is 26.3 Å². The van der Waals surface area contributed by atoms with Gasteiger partial charge in [0.15, 0.2) is 24.8 Å². The number of hydrogen-bond acceptors (Lipinski definition) is 11. The van der Waals surface area contributed by atoms with Crippen molar-refractivity contribution in [2.45, 2.75) is 90.5 Å². The predicted molar refractivity (Wildman–Crippen MR) is 176 cm³/mol. The lowest BCUT2D eigenvalue weighted by molar-refractivity contribution is -0.148. The third-order valence-corrected chi connectivity index (χ3v) is 8.11. The SMILES string of the molecule is CC(C)(C)OC(=O)N1CCC[C@@H]1C(=O)OCC(=O)c1ccc2c(c1)oc1cc(C(=O)COC(=O)[C@@H]3CCCN3C(=O)OC(C)(C)C)ccc12. The number of likely N-dealkylation sites (tertiary alicyclic amines) is 2. The van der Waals surface area contributed by atoms with E-state index in [9.17, 15) is 28.8 Å². The molecular formula is C36H42N2O11. The standard InChI is InChI=1S/C36H42N2O11/c1-35(2,3)48-33(43)37-15-7-9-25(37)31(41)45-19-27(39)21-11-13-23-24-14-12-22(18-30(24)47-29(23)17-21)28(40)20-46-32(42)26-10-8-16-38(26)34(44)49-36(4,5)6/h11-14,17-18,25-26H,7-10,15-16,19-20H2,1-6H3/t25-,26+. The van der Waals surface area contributed by atoms with Gasteiger partial charge in [0.05, 0.1) is 0 Å². The maximum absolute atomic E-state index is 13.0. The highest BCUT2D eigenvalue weighted by Gasteiger charge is 2.39. The molecule has 49 heavy (non-hydrogen) atoms. The molecule has 0 bridgehead atoms. The number of ketones is 2. The molecule has 2 atom stereocenters. The van der Waals surface area contributed by atoms with E-state index < -0.39 is 72.2 Å². The van der Waals surface area contributed by atoms with Gasteiger partial charge in [-0.3, -0.25) is 19.4 Å². The maximum atomic E-state index is 13.0. The molecule has 2 amide bonds. The molecule has 3 heterocycles. The first-order valence-corrected chi connectivity index (χ1v) is 16.4. The molecule has 2 fully saturated rings. The summed E-state index contributed by atoms with van der Waals surface area (Å²) >= 11 is 0. The van der Waals surface area contributed by atoms with Crippen LogP contribution in [-0.2, 0) is 28.5 Å². The van der Waals surface area contributed by atoms with E-state index in [2.05, 4.69) is 0 Å². The number of amides is 2. The molecule has 0 aliphatic carbocycles. The number of esters is 2.